The van der Waals surface area contributed by atoms with Crippen molar-refractivity contribution in [3.05, 3.63) is 204 Å². The van der Waals surface area contributed by atoms with Gasteiger partial charge < -0.3 is 9.13 Å². The Morgan fingerprint density at radius 1 is 0.344 bits per heavy atom. The molecular formula is C56H30N8. The Kier molecular flexibility index (Phi) is 8.85. The van der Waals surface area contributed by atoms with Crippen LogP contribution in [0.25, 0.3) is 100 Å². The summed E-state index contributed by atoms with van der Waals surface area (Å²) in [5, 5.41) is 45.8. The third kappa shape index (κ3) is 5.96. The third-order valence-corrected chi connectivity index (χ3v) is 11.9. The number of hydrogen-bond acceptors (Lipinski definition) is 6. The standard InChI is InChI=1S/C56H30N8/c57-31-37-11-1-3-13-43(37)50-30-49(61-56(62-50)44-14-4-2-12-38(44)32-58)35-21-23-36(24-22-35)55-39(33-59)27-42(28-40(55)34-60)64-53-20-10-7-17-47(53)48-29-41(25-26-54(48)64)63-51-18-8-5-15-45(51)46-16-6-9-19-52(46)63/h1-30H. The lowest BCUT2D eigenvalue weighted by molar-refractivity contribution is 1.16. The highest BCUT2D eigenvalue weighted by Crippen LogP contribution is 2.39. The normalized spacial score (nSPS) is 11.1. The van der Waals surface area contributed by atoms with Crippen LogP contribution in [0.2, 0.25) is 0 Å². The van der Waals surface area contributed by atoms with Gasteiger partial charge in [-0.05, 0) is 78.4 Å². The smallest absolute Gasteiger partial charge is 0.161 e. The van der Waals surface area contributed by atoms with Gasteiger partial charge in [0.1, 0.15) is 0 Å². The zero-order chi connectivity index (χ0) is 43.3. The molecule has 0 N–H and O–H groups in total. The number of aromatic nitrogens is 4. The second-order valence-corrected chi connectivity index (χ2v) is 15.4. The maximum absolute atomic E-state index is 10.7. The molecule has 0 amide bonds. The van der Waals surface area contributed by atoms with E-state index in [1.54, 1.807) is 30.3 Å². The van der Waals surface area contributed by atoms with Crippen molar-refractivity contribution in [1.29, 1.82) is 21.0 Å². The van der Waals surface area contributed by atoms with Crippen LogP contribution < -0.4 is 0 Å². The van der Waals surface area contributed by atoms with Crippen LogP contribution in [-0.2, 0) is 0 Å². The van der Waals surface area contributed by atoms with Gasteiger partial charge in [-0.1, -0.05) is 109 Å². The first-order valence-corrected chi connectivity index (χ1v) is 20.6. The number of nitrogens with zero attached hydrogens (tertiary/aromatic N) is 8. The molecule has 64 heavy (non-hydrogen) atoms. The Balaban J connectivity index is 1.02. The van der Waals surface area contributed by atoms with Gasteiger partial charge in [-0.25, -0.2) is 9.97 Å². The molecule has 0 aliphatic rings. The van der Waals surface area contributed by atoms with Crippen LogP contribution in [-0.4, -0.2) is 19.1 Å². The van der Waals surface area contributed by atoms with Crippen molar-refractivity contribution in [3.63, 3.8) is 0 Å². The van der Waals surface area contributed by atoms with Crippen molar-refractivity contribution in [2.75, 3.05) is 0 Å². The monoisotopic (exact) mass is 814 g/mol. The first kappa shape index (κ1) is 37.4. The van der Waals surface area contributed by atoms with E-state index < -0.39 is 0 Å². The second kappa shape index (κ2) is 15.1. The van der Waals surface area contributed by atoms with Crippen LogP contribution in [0.15, 0.2) is 182 Å². The van der Waals surface area contributed by atoms with Crippen LogP contribution in [0, 0.1) is 45.3 Å². The fourth-order valence-corrected chi connectivity index (χ4v) is 9.06. The Labute approximate surface area is 367 Å². The molecule has 0 unspecified atom stereocenters. The molecule has 0 atom stereocenters. The quantitative estimate of drug-likeness (QED) is 0.164. The Morgan fingerprint density at radius 2 is 0.797 bits per heavy atom. The zero-order valence-electron chi connectivity index (χ0n) is 33.9. The lowest BCUT2D eigenvalue weighted by Gasteiger charge is -2.14. The van der Waals surface area contributed by atoms with Crippen LogP contribution in [0.1, 0.15) is 22.3 Å². The van der Waals surface area contributed by atoms with Gasteiger partial charge in [0.15, 0.2) is 5.82 Å². The van der Waals surface area contributed by atoms with Gasteiger partial charge in [-0.2, -0.15) is 21.0 Å². The molecule has 0 saturated heterocycles. The van der Waals surface area contributed by atoms with Crippen molar-refractivity contribution in [2.45, 2.75) is 0 Å². The second-order valence-electron chi connectivity index (χ2n) is 15.4. The molecule has 294 valence electrons. The summed E-state index contributed by atoms with van der Waals surface area (Å²) < 4.78 is 4.44. The highest BCUT2D eigenvalue weighted by molar-refractivity contribution is 6.12. The maximum atomic E-state index is 10.7. The molecule has 11 rings (SSSR count). The number of benzene rings is 8. The van der Waals surface area contributed by atoms with Gasteiger partial charge in [0, 0.05) is 55.2 Å². The largest absolute Gasteiger partial charge is 0.309 e. The van der Waals surface area contributed by atoms with Gasteiger partial charge in [0.25, 0.3) is 0 Å². The maximum Gasteiger partial charge on any atom is 0.161 e. The molecule has 8 aromatic carbocycles. The summed E-state index contributed by atoms with van der Waals surface area (Å²) in [6.45, 7) is 0. The van der Waals surface area contributed by atoms with Gasteiger partial charge in [-0.3, -0.25) is 0 Å². The summed E-state index contributed by atoms with van der Waals surface area (Å²) in [7, 11) is 0. The number of rotatable bonds is 6. The van der Waals surface area contributed by atoms with Crippen molar-refractivity contribution in [1.82, 2.24) is 19.1 Å². The van der Waals surface area contributed by atoms with Crippen molar-refractivity contribution >= 4 is 43.6 Å². The summed E-state index contributed by atoms with van der Waals surface area (Å²) in [4.78, 5) is 9.76. The average Bonchev–Trinajstić information content (AvgIpc) is 3.88. The van der Waals surface area contributed by atoms with Crippen LogP contribution in [0.3, 0.4) is 0 Å². The van der Waals surface area contributed by atoms with E-state index in [-0.39, 0.29) is 0 Å². The van der Waals surface area contributed by atoms with Crippen LogP contribution >= 0.6 is 0 Å². The molecule has 3 aromatic heterocycles. The van der Waals surface area contributed by atoms with Crippen LogP contribution in [0.4, 0.5) is 0 Å². The van der Waals surface area contributed by atoms with E-state index in [9.17, 15) is 21.0 Å². The van der Waals surface area contributed by atoms with Crippen molar-refractivity contribution < 1.29 is 0 Å². The van der Waals surface area contributed by atoms with Crippen molar-refractivity contribution in [2.24, 2.45) is 0 Å². The van der Waals surface area contributed by atoms with E-state index in [1.807, 2.05) is 72.8 Å². The molecule has 0 aliphatic heterocycles. The van der Waals surface area contributed by atoms with Crippen LogP contribution in [0.5, 0.6) is 0 Å². The number of hydrogen-bond donors (Lipinski definition) is 0. The van der Waals surface area contributed by atoms with Gasteiger partial charge in [-0.15, -0.1) is 0 Å². The molecule has 8 heteroatoms. The molecule has 8 nitrogen and oxygen atoms in total. The molecule has 0 radical (unpaired) electrons. The van der Waals surface area contributed by atoms with E-state index in [0.29, 0.717) is 67.4 Å². The minimum absolute atomic E-state index is 0.351. The minimum atomic E-state index is 0.351. The Bertz CT molecular complexity index is 3730. The molecule has 11 aromatic rings. The van der Waals surface area contributed by atoms with Gasteiger partial charge in [0.2, 0.25) is 0 Å². The number of fused-ring (bicyclic) bond motifs is 6. The van der Waals surface area contributed by atoms with E-state index in [4.69, 9.17) is 9.97 Å². The van der Waals surface area contributed by atoms with Gasteiger partial charge >= 0.3 is 0 Å². The van der Waals surface area contributed by atoms with E-state index >= 15 is 0 Å². The third-order valence-electron chi connectivity index (χ3n) is 11.9. The molecule has 3 heterocycles. The molecule has 0 bridgehead atoms. The average molecular weight is 815 g/mol. The first-order valence-electron chi connectivity index (χ1n) is 20.6. The van der Waals surface area contributed by atoms with E-state index in [0.717, 1.165) is 44.1 Å². The lowest BCUT2D eigenvalue weighted by Crippen LogP contribution is -2.00. The fourth-order valence-electron chi connectivity index (χ4n) is 9.06. The number of nitriles is 4. The Hall–Kier alpha value is -9.60. The Morgan fingerprint density at radius 3 is 1.39 bits per heavy atom. The first-order chi connectivity index (χ1) is 31.6. The predicted octanol–water partition coefficient (Wildman–Crippen LogP) is 12.8. The molecule has 0 aliphatic carbocycles. The van der Waals surface area contributed by atoms with Gasteiger partial charge in [0.05, 0.1) is 80.0 Å². The van der Waals surface area contributed by atoms with E-state index in [2.05, 4.69) is 112 Å². The summed E-state index contributed by atoms with van der Waals surface area (Å²) in [6, 6.07) is 68.5. The number of para-hydroxylation sites is 3. The molecule has 0 spiro atoms. The summed E-state index contributed by atoms with van der Waals surface area (Å²) >= 11 is 0. The highest BCUT2D eigenvalue weighted by atomic mass is 15.0. The van der Waals surface area contributed by atoms with E-state index in [1.165, 1.54) is 10.8 Å². The highest BCUT2D eigenvalue weighted by Gasteiger charge is 2.21. The summed E-state index contributed by atoms with van der Waals surface area (Å²) in [5.41, 5.74) is 11.8. The lowest BCUT2D eigenvalue weighted by atomic mass is 9.93. The van der Waals surface area contributed by atoms with Crippen molar-refractivity contribution in [3.8, 4) is 80.7 Å². The zero-order valence-corrected chi connectivity index (χ0v) is 33.9. The topological polar surface area (TPSA) is 131 Å². The summed E-state index contributed by atoms with van der Waals surface area (Å²) in [6.07, 6.45) is 0. The SMILES string of the molecule is N#Cc1ccccc1-c1cc(-c2ccc(-c3c(C#N)cc(-n4c5ccccc5c5cc(-n6c7ccccc7c7ccccc76)ccc54)cc3C#N)cc2)nc(-c2ccccc2C#N)n1. The predicted molar refractivity (Wildman–Crippen MR) is 251 cm³/mol. The minimum Gasteiger partial charge on any atom is -0.309 e. The summed E-state index contributed by atoms with van der Waals surface area (Å²) in [5.74, 6) is 0.351. The molecule has 0 saturated carbocycles. The fraction of sp³-hybridized carbons (Fsp3) is 0. The molecular weight excluding hydrogens is 785 g/mol. The molecule has 0 fully saturated rings.